The van der Waals surface area contributed by atoms with Crippen molar-refractivity contribution in [1.82, 2.24) is 24.4 Å². The molecule has 0 saturated carbocycles. The molecule has 0 atom stereocenters. The molecule has 2 aromatic heterocycles. The lowest BCUT2D eigenvalue weighted by atomic mass is 10.1. The van der Waals surface area contributed by atoms with Gasteiger partial charge in [0.15, 0.2) is 16.9 Å². The van der Waals surface area contributed by atoms with Crippen molar-refractivity contribution in [3.05, 3.63) is 86.0 Å². The van der Waals surface area contributed by atoms with E-state index in [9.17, 15) is 14.4 Å². The predicted octanol–water partition coefficient (Wildman–Crippen LogP) is 1.82. The van der Waals surface area contributed by atoms with Crippen LogP contribution in [0, 0.1) is 0 Å². The van der Waals surface area contributed by atoms with Crippen molar-refractivity contribution in [2.75, 3.05) is 31.1 Å². The van der Waals surface area contributed by atoms with Gasteiger partial charge in [0.1, 0.15) is 0 Å². The molecule has 0 radical (unpaired) electrons. The molecular formula is C23H21ClN6O3. The Hall–Kier alpha value is -3.69. The molecule has 2 aromatic carbocycles. The van der Waals surface area contributed by atoms with Crippen LogP contribution in [0.5, 0.6) is 0 Å². The second-order valence-corrected chi connectivity index (χ2v) is 8.15. The number of piperazine rings is 1. The maximum Gasteiger partial charge on any atom is 0.330 e. The Balaban J connectivity index is 1.75. The molecule has 2 N–H and O–H groups in total. The minimum atomic E-state index is -0.688. The van der Waals surface area contributed by atoms with Crippen LogP contribution in [-0.4, -0.2) is 51.1 Å². The van der Waals surface area contributed by atoms with Gasteiger partial charge in [-0.15, -0.1) is 0 Å². The van der Waals surface area contributed by atoms with Crippen LogP contribution in [0.3, 0.4) is 0 Å². The van der Waals surface area contributed by atoms with Gasteiger partial charge in [-0.25, -0.2) is 4.79 Å². The number of Topliss-reactive ketones (excluding diaryl/α,β-unsaturated/α-hetero) is 1. The van der Waals surface area contributed by atoms with Crippen LogP contribution in [-0.2, 0) is 6.54 Å². The zero-order valence-electron chi connectivity index (χ0n) is 17.6. The molecule has 168 valence electrons. The summed E-state index contributed by atoms with van der Waals surface area (Å²) in [5.74, 6) is 0.235. The van der Waals surface area contributed by atoms with E-state index in [-0.39, 0.29) is 23.5 Å². The molecule has 0 aliphatic carbocycles. The summed E-state index contributed by atoms with van der Waals surface area (Å²) in [5, 5.41) is 3.73. The number of hydrogen-bond acceptors (Lipinski definition) is 6. The molecule has 1 saturated heterocycles. The fraction of sp³-hybridized carbons (Fsp3) is 0.217. The van der Waals surface area contributed by atoms with Gasteiger partial charge < -0.3 is 10.2 Å². The van der Waals surface area contributed by atoms with Gasteiger partial charge in [-0.3, -0.25) is 23.7 Å². The van der Waals surface area contributed by atoms with Gasteiger partial charge in [0, 0.05) is 31.7 Å². The van der Waals surface area contributed by atoms with Crippen molar-refractivity contribution in [2.45, 2.75) is 6.54 Å². The molecule has 0 amide bonds. The third-order valence-electron chi connectivity index (χ3n) is 5.67. The van der Waals surface area contributed by atoms with Gasteiger partial charge in [-0.1, -0.05) is 54.1 Å². The molecule has 1 aliphatic rings. The zero-order chi connectivity index (χ0) is 22.9. The molecule has 1 fully saturated rings. The highest BCUT2D eigenvalue weighted by Crippen LogP contribution is 2.29. The van der Waals surface area contributed by atoms with Crippen LogP contribution in [0.4, 0.5) is 5.95 Å². The van der Waals surface area contributed by atoms with Crippen LogP contribution in [0.15, 0.2) is 64.2 Å². The Morgan fingerprint density at radius 2 is 1.70 bits per heavy atom. The average molecular weight is 465 g/mol. The Kier molecular flexibility index (Phi) is 5.57. The summed E-state index contributed by atoms with van der Waals surface area (Å²) in [5.41, 5.74) is 0.0649. The number of anilines is 1. The van der Waals surface area contributed by atoms with Crippen molar-refractivity contribution in [3.63, 3.8) is 0 Å². The first-order valence-corrected chi connectivity index (χ1v) is 11.0. The van der Waals surface area contributed by atoms with Crippen molar-refractivity contribution in [3.8, 4) is 5.69 Å². The fourth-order valence-electron chi connectivity index (χ4n) is 4.05. The van der Waals surface area contributed by atoms with Gasteiger partial charge in [0.2, 0.25) is 5.95 Å². The molecule has 10 heteroatoms. The second kappa shape index (κ2) is 8.68. The summed E-state index contributed by atoms with van der Waals surface area (Å²) in [6.07, 6.45) is 0. The molecule has 3 heterocycles. The number of aromatic amines is 1. The van der Waals surface area contributed by atoms with E-state index in [2.05, 4.69) is 10.3 Å². The summed E-state index contributed by atoms with van der Waals surface area (Å²) < 4.78 is 2.88. The standard InChI is InChI=1S/C23H21ClN6O3/c24-16-8-4-5-9-17(16)30-19-20(26-22(30)28-12-10-25-11-13-28)29(23(33)27-21(19)32)14-18(31)15-6-2-1-3-7-15/h1-9,25H,10-14H2,(H,27,32,33). The molecular weight excluding hydrogens is 444 g/mol. The first kappa shape index (κ1) is 21.2. The lowest BCUT2D eigenvalue weighted by Gasteiger charge is -2.28. The summed E-state index contributed by atoms with van der Waals surface area (Å²) in [4.78, 5) is 47.8. The Morgan fingerprint density at radius 3 is 2.42 bits per heavy atom. The highest BCUT2D eigenvalue weighted by molar-refractivity contribution is 6.32. The van der Waals surface area contributed by atoms with Crippen LogP contribution >= 0.6 is 11.6 Å². The molecule has 0 unspecified atom stereocenters. The van der Waals surface area contributed by atoms with E-state index in [0.29, 0.717) is 35.3 Å². The fourth-order valence-corrected chi connectivity index (χ4v) is 4.27. The number of benzene rings is 2. The molecule has 33 heavy (non-hydrogen) atoms. The average Bonchev–Trinajstić information content (AvgIpc) is 3.24. The first-order chi connectivity index (χ1) is 16.0. The highest BCUT2D eigenvalue weighted by Gasteiger charge is 2.26. The second-order valence-electron chi connectivity index (χ2n) is 7.74. The van der Waals surface area contributed by atoms with Crippen LogP contribution < -0.4 is 21.5 Å². The minimum absolute atomic E-state index is 0.140. The molecule has 1 aliphatic heterocycles. The number of aromatic nitrogens is 4. The molecule has 0 spiro atoms. The minimum Gasteiger partial charge on any atom is -0.339 e. The number of halogens is 1. The maximum absolute atomic E-state index is 13.0. The number of carbonyl (C=O) groups excluding carboxylic acids is 1. The number of nitrogens with one attached hydrogen (secondary N) is 2. The van der Waals surface area contributed by atoms with E-state index in [1.165, 1.54) is 4.57 Å². The lowest BCUT2D eigenvalue weighted by Crippen LogP contribution is -2.44. The third kappa shape index (κ3) is 3.85. The summed E-state index contributed by atoms with van der Waals surface area (Å²) in [6, 6.07) is 15.8. The van der Waals surface area contributed by atoms with Gasteiger partial charge in [-0.2, -0.15) is 4.98 Å². The zero-order valence-corrected chi connectivity index (χ0v) is 18.4. The van der Waals surface area contributed by atoms with Crippen molar-refractivity contribution in [1.29, 1.82) is 0 Å². The van der Waals surface area contributed by atoms with E-state index < -0.39 is 11.2 Å². The number of para-hydroxylation sites is 1. The molecule has 9 nitrogen and oxygen atoms in total. The van der Waals surface area contributed by atoms with Gasteiger partial charge in [-0.05, 0) is 12.1 Å². The normalized spacial score (nSPS) is 14.0. The topological polar surface area (TPSA) is 105 Å². The van der Waals surface area contributed by atoms with E-state index in [4.69, 9.17) is 16.6 Å². The number of fused-ring (bicyclic) bond motifs is 1. The summed E-state index contributed by atoms with van der Waals surface area (Å²) in [6.45, 7) is 2.58. The van der Waals surface area contributed by atoms with Gasteiger partial charge in [0.05, 0.1) is 17.3 Å². The monoisotopic (exact) mass is 464 g/mol. The summed E-state index contributed by atoms with van der Waals surface area (Å²) >= 11 is 6.50. The van der Waals surface area contributed by atoms with Crippen LogP contribution in [0.1, 0.15) is 10.4 Å². The first-order valence-electron chi connectivity index (χ1n) is 10.6. The van der Waals surface area contributed by atoms with E-state index in [1.807, 2.05) is 17.0 Å². The Bertz CT molecular complexity index is 1450. The SMILES string of the molecule is O=C(Cn1c(=O)[nH]c(=O)c2c1nc(N1CCNCC1)n2-c1ccccc1Cl)c1ccccc1. The maximum atomic E-state index is 13.0. The molecule has 5 rings (SSSR count). The Morgan fingerprint density at radius 1 is 1.00 bits per heavy atom. The van der Waals surface area contributed by atoms with E-state index >= 15 is 0 Å². The number of imidazole rings is 1. The lowest BCUT2D eigenvalue weighted by molar-refractivity contribution is 0.0971. The van der Waals surface area contributed by atoms with Crippen molar-refractivity contribution >= 4 is 34.5 Å². The number of hydrogen-bond donors (Lipinski definition) is 2. The number of nitrogens with zero attached hydrogens (tertiary/aromatic N) is 4. The number of ketones is 1. The highest BCUT2D eigenvalue weighted by atomic mass is 35.5. The summed E-state index contributed by atoms with van der Waals surface area (Å²) in [7, 11) is 0. The van der Waals surface area contributed by atoms with Crippen molar-refractivity contribution in [2.24, 2.45) is 0 Å². The Labute approximate surface area is 193 Å². The molecule has 4 aromatic rings. The van der Waals surface area contributed by atoms with Crippen LogP contribution in [0.2, 0.25) is 5.02 Å². The predicted molar refractivity (Wildman–Crippen MR) is 127 cm³/mol. The largest absolute Gasteiger partial charge is 0.339 e. The number of rotatable bonds is 5. The number of carbonyl (C=O) groups is 1. The van der Waals surface area contributed by atoms with E-state index in [0.717, 1.165) is 13.1 Å². The van der Waals surface area contributed by atoms with Gasteiger partial charge >= 0.3 is 5.69 Å². The van der Waals surface area contributed by atoms with E-state index in [1.54, 1.807) is 47.0 Å². The van der Waals surface area contributed by atoms with Crippen LogP contribution in [0.25, 0.3) is 16.9 Å². The van der Waals surface area contributed by atoms with Crippen molar-refractivity contribution < 1.29 is 4.79 Å². The third-order valence-corrected chi connectivity index (χ3v) is 5.99. The quantitative estimate of drug-likeness (QED) is 0.436. The smallest absolute Gasteiger partial charge is 0.330 e. The van der Waals surface area contributed by atoms with Gasteiger partial charge in [0.25, 0.3) is 5.56 Å². The number of H-pyrrole nitrogens is 1. The molecule has 0 bridgehead atoms.